The van der Waals surface area contributed by atoms with Gasteiger partial charge in [0.15, 0.2) is 0 Å². The van der Waals surface area contributed by atoms with Crippen LogP contribution in [-0.2, 0) is 9.59 Å². The number of anilines is 2. The van der Waals surface area contributed by atoms with Crippen molar-refractivity contribution in [2.75, 3.05) is 17.6 Å². The third-order valence-electron chi connectivity index (χ3n) is 5.50. The molecule has 0 unspecified atom stereocenters. The molecule has 1 aliphatic heterocycles. The summed E-state index contributed by atoms with van der Waals surface area (Å²) in [5.74, 6) is -0.474. The quantitative estimate of drug-likeness (QED) is 0.580. The number of aromatic amines is 1. The number of pyridine rings is 1. The number of hydrogen-bond acceptors (Lipinski definition) is 5. The molecule has 4 rings (SSSR count). The second-order valence-corrected chi connectivity index (χ2v) is 7.75. The van der Waals surface area contributed by atoms with E-state index in [0.29, 0.717) is 24.0 Å². The fourth-order valence-electron chi connectivity index (χ4n) is 3.86. The minimum atomic E-state index is -0.667. The van der Waals surface area contributed by atoms with Gasteiger partial charge in [0.1, 0.15) is 5.82 Å². The Kier molecular flexibility index (Phi) is 4.92. The number of H-pyrrole nitrogens is 1. The first-order valence-electron chi connectivity index (χ1n) is 9.69. The van der Waals surface area contributed by atoms with E-state index < -0.39 is 11.8 Å². The van der Waals surface area contributed by atoms with E-state index in [1.54, 1.807) is 24.1 Å². The van der Waals surface area contributed by atoms with Crippen LogP contribution in [0.1, 0.15) is 36.9 Å². The SMILES string of the molecule is Cc1cc(NC(=O)C(=O)N2C[C@H](C)CC[C@@H]2c2ccc3[nH]ncc3c2)cnc1N. The van der Waals surface area contributed by atoms with Gasteiger partial charge in [-0.3, -0.25) is 14.7 Å². The molecular formula is C21H24N6O2. The molecule has 1 aromatic carbocycles. The lowest BCUT2D eigenvalue weighted by Crippen LogP contribution is -2.46. The number of carbonyl (C=O) groups excluding carboxylic acids is 2. The highest BCUT2D eigenvalue weighted by Crippen LogP contribution is 2.34. The lowest BCUT2D eigenvalue weighted by atomic mass is 9.89. The molecule has 3 aromatic rings. The van der Waals surface area contributed by atoms with E-state index in [9.17, 15) is 9.59 Å². The maximum atomic E-state index is 13.0. The van der Waals surface area contributed by atoms with Crippen molar-refractivity contribution in [1.29, 1.82) is 0 Å². The van der Waals surface area contributed by atoms with Gasteiger partial charge in [0.05, 0.1) is 29.6 Å². The van der Waals surface area contributed by atoms with E-state index >= 15 is 0 Å². The number of carbonyl (C=O) groups is 2. The van der Waals surface area contributed by atoms with Crippen LogP contribution in [0, 0.1) is 12.8 Å². The topological polar surface area (TPSA) is 117 Å². The Labute approximate surface area is 168 Å². The number of piperidine rings is 1. The van der Waals surface area contributed by atoms with Gasteiger partial charge in [-0.1, -0.05) is 13.0 Å². The van der Waals surface area contributed by atoms with E-state index in [-0.39, 0.29) is 6.04 Å². The van der Waals surface area contributed by atoms with Crippen LogP contribution < -0.4 is 11.1 Å². The molecule has 0 spiro atoms. The Hall–Kier alpha value is -3.42. The van der Waals surface area contributed by atoms with Crippen LogP contribution in [0.5, 0.6) is 0 Å². The number of nitrogens with zero attached hydrogens (tertiary/aromatic N) is 3. The zero-order chi connectivity index (χ0) is 20.5. The number of aryl methyl sites for hydroxylation is 1. The van der Waals surface area contributed by atoms with Crippen LogP contribution in [0.4, 0.5) is 11.5 Å². The molecular weight excluding hydrogens is 368 g/mol. The number of nitrogens with two attached hydrogens (primary N) is 1. The van der Waals surface area contributed by atoms with Gasteiger partial charge in [-0.05, 0) is 55.0 Å². The van der Waals surface area contributed by atoms with Crippen LogP contribution in [-0.4, -0.2) is 38.4 Å². The molecule has 1 aliphatic rings. The molecule has 2 aromatic heterocycles. The van der Waals surface area contributed by atoms with Crippen molar-refractivity contribution >= 4 is 34.2 Å². The summed E-state index contributed by atoms with van der Waals surface area (Å²) in [6.45, 7) is 4.44. The Morgan fingerprint density at radius 3 is 2.86 bits per heavy atom. The minimum absolute atomic E-state index is 0.143. The Morgan fingerprint density at radius 2 is 2.07 bits per heavy atom. The highest BCUT2D eigenvalue weighted by molar-refractivity contribution is 6.39. The van der Waals surface area contributed by atoms with Crippen molar-refractivity contribution in [2.45, 2.75) is 32.7 Å². The van der Waals surface area contributed by atoms with Crippen molar-refractivity contribution in [2.24, 2.45) is 5.92 Å². The van der Waals surface area contributed by atoms with E-state index in [1.165, 1.54) is 6.20 Å². The van der Waals surface area contributed by atoms with Gasteiger partial charge in [0.2, 0.25) is 0 Å². The van der Waals surface area contributed by atoms with E-state index in [4.69, 9.17) is 5.73 Å². The average molecular weight is 392 g/mol. The van der Waals surface area contributed by atoms with Crippen molar-refractivity contribution in [3.8, 4) is 0 Å². The van der Waals surface area contributed by atoms with Crippen LogP contribution in [0.3, 0.4) is 0 Å². The van der Waals surface area contributed by atoms with Crippen molar-refractivity contribution in [1.82, 2.24) is 20.1 Å². The minimum Gasteiger partial charge on any atom is -0.383 e. The fraction of sp³-hybridized carbons (Fsp3) is 0.333. The number of amides is 2. The molecule has 3 heterocycles. The Balaban J connectivity index is 1.57. The standard InChI is InChI=1S/C21H24N6O2/c1-12-3-6-18(14-4-5-17-15(8-14)9-24-26-17)27(11-12)21(29)20(28)25-16-7-13(2)19(22)23-10-16/h4-5,7-10,12,18H,3,6,11H2,1-2H3,(H2,22,23)(H,24,26)(H,25,28)/t12-,18-/m1/s1. The lowest BCUT2D eigenvalue weighted by Gasteiger charge is -2.38. The first-order chi connectivity index (χ1) is 13.9. The van der Waals surface area contributed by atoms with E-state index in [0.717, 1.165) is 34.9 Å². The molecule has 0 saturated carbocycles. The lowest BCUT2D eigenvalue weighted by molar-refractivity contribution is -0.146. The van der Waals surface area contributed by atoms with Crippen LogP contribution >= 0.6 is 0 Å². The summed E-state index contributed by atoms with van der Waals surface area (Å²) in [6.07, 6.45) is 5.03. The second kappa shape index (κ2) is 7.54. The summed E-state index contributed by atoms with van der Waals surface area (Å²) in [4.78, 5) is 31.4. The number of hydrogen-bond donors (Lipinski definition) is 3. The van der Waals surface area contributed by atoms with Gasteiger partial charge in [-0.15, -0.1) is 0 Å². The molecule has 1 saturated heterocycles. The molecule has 0 aliphatic carbocycles. The highest BCUT2D eigenvalue weighted by Gasteiger charge is 2.34. The normalized spacial score (nSPS) is 19.3. The van der Waals surface area contributed by atoms with Gasteiger partial charge in [-0.2, -0.15) is 5.10 Å². The molecule has 150 valence electrons. The van der Waals surface area contributed by atoms with Gasteiger partial charge in [0, 0.05) is 11.9 Å². The predicted octanol–water partition coefficient (Wildman–Crippen LogP) is 2.79. The Bertz CT molecular complexity index is 1080. The van der Waals surface area contributed by atoms with Gasteiger partial charge in [0.25, 0.3) is 0 Å². The first kappa shape index (κ1) is 18.9. The Morgan fingerprint density at radius 1 is 1.24 bits per heavy atom. The molecule has 2 amide bonds. The second-order valence-electron chi connectivity index (χ2n) is 7.75. The molecule has 2 atom stereocenters. The van der Waals surface area contributed by atoms with Gasteiger partial charge < -0.3 is 16.0 Å². The maximum Gasteiger partial charge on any atom is 0.313 e. The molecule has 8 nitrogen and oxygen atoms in total. The summed E-state index contributed by atoms with van der Waals surface area (Å²) in [5.41, 5.74) is 8.87. The number of nitrogens with one attached hydrogen (secondary N) is 2. The number of rotatable bonds is 2. The molecule has 8 heteroatoms. The summed E-state index contributed by atoms with van der Waals surface area (Å²) in [6, 6.07) is 7.55. The number of likely N-dealkylation sites (tertiary alicyclic amines) is 1. The summed E-state index contributed by atoms with van der Waals surface area (Å²) >= 11 is 0. The number of fused-ring (bicyclic) bond motifs is 1. The average Bonchev–Trinajstić information content (AvgIpc) is 3.18. The first-order valence-corrected chi connectivity index (χ1v) is 9.69. The van der Waals surface area contributed by atoms with Gasteiger partial charge >= 0.3 is 11.8 Å². The summed E-state index contributed by atoms with van der Waals surface area (Å²) in [7, 11) is 0. The number of benzene rings is 1. The zero-order valence-electron chi connectivity index (χ0n) is 16.5. The predicted molar refractivity (Wildman–Crippen MR) is 111 cm³/mol. The molecule has 1 fully saturated rings. The largest absolute Gasteiger partial charge is 0.383 e. The van der Waals surface area contributed by atoms with Crippen molar-refractivity contribution in [3.05, 3.63) is 47.8 Å². The van der Waals surface area contributed by atoms with E-state index in [2.05, 4.69) is 27.4 Å². The zero-order valence-corrected chi connectivity index (χ0v) is 16.5. The van der Waals surface area contributed by atoms with Crippen molar-refractivity contribution in [3.63, 3.8) is 0 Å². The molecule has 4 N–H and O–H groups in total. The van der Waals surface area contributed by atoms with Gasteiger partial charge in [-0.25, -0.2) is 4.98 Å². The van der Waals surface area contributed by atoms with Crippen LogP contribution in [0.25, 0.3) is 10.9 Å². The highest BCUT2D eigenvalue weighted by atomic mass is 16.2. The smallest absolute Gasteiger partial charge is 0.313 e. The maximum absolute atomic E-state index is 13.0. The summed E-state index contributed by atoms with van der Waals surface area (Å²) in [5, 5.41) is 10.6. The van der Waals surface area contributed by atoms with Crippen LogP contribution in [0.15, 0.2) is 36.7 Å². The summed E-state index contributed by atoms with van der Waals surface area (Å²) < 4.78 is 0. The number of nitrogen functional groups attached to an aromatic ring is 1. The fourth-order valence-corrected chi connectivity index (χ4v) is 3.86. The molecule has 0 bridgehead atoms. The molecule has 29 heavy (non-hydrogen) atoms. The number of aromatic nitrogens is 3. The van der Waals surface area contributed by atoms with Crippen LogP contribution in [0.2, 0.25) is 0 Å². The van der Waals surface area contributed by atoms with E-state index in [1.807, 2.05) is 18.2 Å². The van der Waals surface area contributed by atoms with Crippen molar-refractivity contribution < 1.29 is 9.59 Å². The monoisotopic (exact) mass is 392 g/mol. The third kappa shape index (κ3) is 3.78. The molecule has 0 radical (unpaired) electrons. The third-order valence-corrected chi connectivity index (χ3v) is 5.50.